The van der Waals surface area contributed by atoms with E-state index in [0.29, 0.717) is 38.5 Å². The number of rotatable bonds is 9. The maximum Gasteiger partial charge on any atom is 0.410 e. The number of esters is 1. The number of hydrogen-bond acceptors (Lipinski definition) is 7. The van der Waals surface area contributed by atoms with Gasteiger partial charge in [0.1, 0.15) is 11.4 Å². The lowest BCUT2D eigenvalue weighted by Gasteiger charge is -2.35. The summed E-state index contributed by atoms with van der Waals surface area (Å²) < 4.78 is 11.1. The van der Waals surface area contributed by atoms with Gasteiger partial charge >= 0.3 is 12.1 Å². The van der Waals surface area contributed by atoms with E-state index in [1.807, 2.05) is 31.7 Å². The monoisotopic (exact) mass is 607 g/mol. The van der Waals surface area contributed by atoms with Gasteiger partial charge in [-0.25, -0.2) is 4.79 Å². The number of carbonyl (C=O) groups is 4. The van der Waals surface area contributed by atoms with Gasteiger partial charge in [0, 0.05) is 67.7 Å². The van der Waals surface area contributed by atoms with E-state index < -0.39 is 5.60 Å². The fraction of sp³-hybridized carbons (Fsp3) is 0.690. The molecule has 10 heteroatoms. The first-order valence-corrected chi connectivity index (χ1v) is 14.7. The number of hydrogen-bond donors (Lipinski definition) is 0. The lowest BCUT2D eigenvalue weighted by molar-refractivity contribution is -0.141. The third kappa shape index (κ3) is 9.89. The van der Waals surface area contributed by atoms with Crippen LogP contribution in [0.4, 0.5) is 4.79 Å². The van der Waals surface area contributed by atoms with E-state index in [1.165, 1.54) is 7.11 Å². The molecule has 0 aliphatic carbocycles. The Morgan fingerprint density at radius 1 is 1.05 bits per heavy atom. The van der Waals surface area contributed by atoms with Crippen LogP contribution in [0.15, 0.2) is 22.9 Å². The van der Waals surface area contributed by atoms with Gasteiger partial charge in [-0.1, -0.05) is 0 Å². The molecule has 2 amide bonds. The number of piperidine rings is 2. The quantitative estimate of drug-likeness (QED) is 0.359. The standard InChI is InChI=1S/C29H42BrN3O6/c1-29(2,3)39-28(37)32-12-9-20(10-13-32)7-8-26(35)33-11-5-6-21(19-33)25(34)15-22(16-27(36)38-4)23-14-24(30)18-31-17-23/h14,17-18,20-22H,5-13,15-16,19H2,1-4H3/t21-,22?/m1/s1. The molecule has 2 aliphatic rings. The Hall–Kier alpha value is -2.49. The van der Waals surface area contributed by atoms with E-state index in [0.717, 1.165) is 42.1 Å². The number of nitrogens with zero attached hydrogens (tertiary/aromatic N) is 3. The number of ketones is 1. The summed E-state index contributed by atoms with van der Waals surface area (Å²) >= 11 is 3.41. The zero-order valence-corrected chi connectivity index (χ0v) is 25.2. The van der Waals surface area contributed by atoms with E-state index in [-0.39, 0.29) is 48.4 Å². The van der Waals surface area contributed by atoms with Gasteiger partial charge in [-0.15, -0.1) is 0 Å². The van der Waals surface area contributed by atoms with E-state index in [4.69, 9.17) is 9.47 Å². The minimum absolute atomic E-state index is 0.0656. The predicted octanol–water partition coefficient (Wildman–Crippen LogP) is 5.12. The van der Waals surface area contributed by atoms with Crippen molar-refractivity contribution in [3.63, 3.8) is 0 Å². The molecule has 0 N–H and O–H groups in total. The van der Waals surface area contributed by atoms with Gasteiger partial charge < -0.3 is 19.3 Å². The van der Waals surface area contributed by atoms with Crippen LogP contribution in [0, 0.1) is 11.8 Å². The molecule has 9 nitrogen and oxygen atoms in total. The largest absolute Gasteiger partial charge is 0.469 e. The number of ether oxygens (including phenoxy) is 2. The number of aromatic nitrogens is 1. The van der Waals surface area contributed by atoms with Crippen LogP contribution < -0.4 is 0 Å². The van der Waals surface area contributed by atoms with Crippen molar-refractivity contribution in [2.45, 2.75) is 83.7 Å². The highest BCUT2D eigenvalue weighted by Crippen LogP contribution is 2.30. The molecule has 3 heterocycles. The van der Waals surface area contributed by atoms with Gasteiger partial charge in [0.05, 0.1) is 13.5 Å². The maximum absolute atomic E-state index is 13.3. The first-order valence-electron chi connectivity index (χ1n) is 13.9. The Morgan fingerprint density at radius 3 is 2.41 bits per heavy atom. The number of pyridine rings is 1. The van der Waals surface area contributed by atoms with Crippen LogP contribution >= 0.6 is 15.9 Å². The second kappa shape index (κ2) is 14.2. The summed E-state index contributed by atoms with van der Waals surface area (Å²) in [7, 11) is 1.34. The van der Waals surface area contributed by atoms with Crippen LogP contribution in [0.2, 0.25) is 0 Å². The van der Waals surface area contributed by atoms with Crippen molar-refractivity contribution >= 4 is 39.7 Å². The van der Waals surface area contributed by atoms with E-state index >= 15 is 0 Å². The summed E-state index contributed by atoms with van der Waals surface area (Å²) in [5.74, 6) is -0.384. The third-order valence-electron chi connectivity index (χ3n) is 7.55. The van der Waals surface area contributed by atoms with Crippen LogP contribution in [-0.4, -0.2) is 77.4 Å². The number of Topliss-reactive ketones (excluding diaryl/α,β-unsaturated/α-hetero) is 1. The molecule has 1 aromatic rings. The van der Waals surface area contributed by atoms with Crippen molar-refractivity contribution in [2.24, 2.45) is 11.8 Å². The Kier molecular flexibility index (Phi) is 11.3. The molecule has 2 fully saturated rings. The second-order valence-electron chi connectivity index (χ2n) is 11.7. The molecule has 0 spiro atoms. The normalized spacial score (nSPS) is 19.4. The minimum atomic E-state index is -0.508. The van der Waals surface area contributed by atoms with Crippen LogP contribution in [0.25, 0.3) is 0 Å². The molecular formula is C29H42BrN3O6. The van der Waals surface area contributed by atoms with Gasteiger partial charge in [0.2, 0.25) is 5.91 Å². The SMILES string of the molecule is COC(=O)CC(CC(=O)[C@@H]1CCCN(C(=O)CCC2CCN(C(=O)OC(C)(C)C)CC2)C1)c1cncc(Br)c1. The molecule has 2 saturated heterocycles. The number of carbonyl (C=O) groups excluding carboxylic acids is 4. The third-order valence-corrected chi connectivity index (χ3v) is 7.98. The number of halogens is 1. The smallest absolute Gasteiger partial charge is 0.410 e. The summed E-state index contributed by atoms with van der Waals surface area (Å²) in [5.41, 5.74) is 0.302. The molecule has 0 bridgehead atoms. The first-order chi connectivity index (χ1) is 18.4. The zero-order chi connectivity index (χ0) is 28.6. The Labute approximate surface area is 240 Å². The van der Waals surface area contributed by atoms with E-state index in [1.54, 1.807) is 17.3 Å². The first kappa shape index (κ1) is 31.0. The average molecular weight is 609 g/mol. The Balaban J connectivity index is 1.48. The highest BCUT2D eigenvalue weighted by Gasteiger charge is 2.32. The lowest BCUT2D eigenvalue weighted by atomic mass is 9.84. The van der Waals surface area contributed by atoms with Crippen LogP contribution in [0.5, 0.6) is 0 Å². The van der Waals surface area contributed by atoms with Gasteiger partial charge in [0.25, 0.3) is 0 Å². The maximum atomic E-state index is 13.3. The van der Waals surface area contributed by atoms with Gasteiger partial charge in [-0.2, -0.15) is 0 Å². The molecule has 1 unspecified atom stereocenters. The highest BCUT2D eigenvalue weighted by atomic mass is 79.9. The van der Waals surface area contributed by atoms with Crippen molar-refractivity contribution in [2.75, 3.05) is 33.3 Å². The molecule has 1 aromatic heterocycles. The van der Waals surface area contributed by atoms with Gasteiger partial charge in [-0.05, 0) is 86.4 Å². The average Bonchev–Trinajstić information content (AvgIpc) is 2.90. The second-order valence-corrected chi connectivity index (χ2v) is 12.6. The van der Waals surface area contributed by atoms with Crippen molar-refractivity contribution in [3.8, 4) is 0 Å². The summed E-state index contributed by atoms with van der Waals surface area (Å²) in [5, 5.41) is 0. The number of methoxy groups -OCH3 is 1. The highest BCUT2D eigenvalue weighted by molar-refractivity contribution is 9.10. The van der Waals surface area contributed by atoms with Gasteiger partial charge in [0.15, 0.2) is 0 Å². The van der Waals surface area contributed by atoms with Crippen molar-refractivity contribution in [1.29, 1.82) is 0 Å². The zero-order valence-electron chi connectivity index (χ0n) is 23.6. The fourth-order valence-corrected chi connectivity index (χ4v) is 5.72. The Morgan fingerprint density at radius 2 is 1.77 bits per heavy atom. The molecule has 2 atom stereocenters. The van der Waals surface area contributed by atoms with E-state index in [9.17, 15) is 19.2 Å². The van der Waals surface area contributed by atoms with Crippen molar-refractivity contribution < 1.29 is 28.7 Å². The summed E-state index contributed by atoms with van der Waals surface area (Å²) in [6.45, 7) is 7.98. The summed E-state index contributed by atoms with van der Waals surface area (Å²) in [6, 6.07) is 1.88. The molecule has 0 saturated carbocycles. The number of likely N-dealkylation sites (tertiary alicyclic amines) is 2. The van der Waals surface area contributed by atoms with Crippen LogP contribution in [0.1, 0.15) is 83.6 Å². The number of amides is 2. The summed E-state index contributed by atoms with van der Waals surface area (Å²) in [6.07, 6.45) is 7.86. The van der Waals surface area contributed by atoms with Gasteiger partial charge in [-0.3, -0.25) is 19.4 Å². The predicted molar refractivity (Wildman–Crippen MR) is 150 cm³/mol. The molecule has 0 radical (unpaired) electrons. The lowest BCUT2D eigenvalue weighted by Crippen LogP contribution is -2.43. The molecule has 39 heavy (non-hydrogen) atoms. The fourth-order valence-electron chi connectivity index (χ4n) is 5.34. The minimum Gasteiger partial charge on any atom is -0.469 e. The van der Waals surface area contributed by atoms with Crippen molar-refractivity contribution in [3.05, 3.63) is 28.5 Å². The van der Waals surface area contributed by atoms with Crippen LogP contribution in [-0.2, 0) is 23.9 Å². The Bertz CT molecular complexity index is 1020. The molecule has 3 rings (SSSR count). The molecule has 216 valence electrons. The van der Waals surface area contributed by atoms with Crippen LogP contribution in [0.3, 0.4) is 0 Å². The molecule has 0 aromatic carbocycles. The topological polar surface area (TPSA) is 106 Å². The van der Waals surface area contributed by atoms with E-state index in [2.05, 4.69) is 20.9 Å². The molecular weight excluding hydrogens is 566 g/mol. The molecule has 2 aliphatic heterocycles. The summed E-state index contributed by atoms with van der Waals surface area (Å²) in [4.78, 5) is 58.5. The van der Waals surface area contributed by atoms with Crippen molar-refractivity contribution in [1.82, 2.24) is 14.8 Å².